The Balaban J connectivity index is 4.40. The lowest BCUT2D eigenvalue weighted by atomic mass is 9.90. The van der Waals surface area contributed by atoms with Gasteiger partial charge in [0, 0.05) is 17.6 Å². The lowest BCUT2D eigenvalue weighted by molar-refractivity contribution is -0.121. The number of ketones is 1. The van der Waals surface area contributed by atoms with E-state index in [1.165, 1.54) is 25.5 Å². The Hall–Kier alpha value is -1.25. The van der Waals surface area contributed by atoms with Gasteiger partial charge in [-0.3, -0.25) is 4.79 Å². The summed E-state index contributed by atoms with van der Waals surface area (Å²) in [5, 5.41) is 9.19. The monoisotopic (exact) mass is 184 g/mol. The topological polar surface area (TPSA) is 46.5 Å². The fraction of sp³-hybridized carbons (Fsp3) is 0.500. The summed E-state index contributed by atoms with van der Waals surface area (Å²) in [5.74, 6) is -0.215. The molecule has 0 saturated heterocycles. The maximum Gasteiger partial charge on any atom is 0.164 e. The van der Waals surface area contributed by atoms with Gasteiger partial charge in [-0.15, -0.1) is 0 Å². The van der Waals surface area contributed by atoms with Crippen LogP contribution in [0.2, 0.25) is 0 Å². The zero-order valence-corrected chi connectivity index (χ0v) is 8.50. The van der Waals surface area contributed by atoms with Crippen LogP contribution in [0.1, 0.15) is 20.8 Å². The average molecular weight is 184 g/mol. The number of hydrogen-bond acceptors (Lipinski definition) is 3. The van der Waals surface area contributed by atoms with Crippen LogP contribution in [-0.4, -0.2) is 18.0 Å². The van der Waals surface area contributed by atoms with Gasteiger partial charge in [-0.1, -0.05) is 20.8 Å². The van der Waals surface area contributed by atoms with Crippen molar-refractivity contribution in [3.05, 3.63) is 24.2 Å². The van der Waals surface area contributed by atoms with E-state index in [9.17, 15) is 9.90 Å². The van der Waals surface area contributed by atoms with E-state index in [2.05, 4.69) is 4.74 Å². The molecule has 0 aromatic heterocycles. The summed E-state index contributed by atoms with van der Waals surface area (Å²) in [5.41, 5.74) is -0.463. The molecule has 0 radical (unpaired) electrons. The maximum absolute atomic E-state index is 11.3. The van der Waals surface area contributed by atoms with E-state index in [4.69, 9.17) is 0 Å². The van der Waals surface area contributed by atoms with Crippen LogP contribution in [-0.2, 0) is 9.53 Å². The first-order valence-corrected chi connectivity index (χ1v) is 4.02. The van der Waals surface area contributed by atoms with Gasteiger partial charge in [0.1, 0.15) is 5.76 Å². The van der Waals surface area contributed by atoms with Gasteiger partial charge in [0.15, 0.2) is 5.78 Å². The Labute approximate surface area is 78.7 Å². The van der Waals surface area contributed by atoms with E-state index in [1.807, 2.05) is 0 Å². The second-order valence-corrected chi connectivity index (χ2v) is 3.72. The molecule has 0 rings (SSSR count). The summed E-state index contributed by atoms with van der Waals surface area (Å²) in [7, 11) is 1.47. The number of hydrogen-bond donors (Lipinski definition) is 1. The van der Waals surface area contributed by atoms with Crippen LogP contribution in [0.25, 0.3) is 0 Å². The van der Waals surface area contributed by atoms with Crippen molar-refractivity contribution in [2.24, 2.45) is 5.41 Å². The zero-order valence-electron chi connectivity index (χ0n) is 8.50. The number of rotatable bonds is 3. The van der Waals surface area contributed by atoms with Gasteiger partial charge in [0.2, 0.25) is 0 Å². The quantitative estimate of drug-likeness (QED) is 0.415. The molecular formula is C10H16O3. The Morgan fingerprint density at radius 2 is 1.92 bits per heavy atom. The first-order chi connectivity index (χ1) is 5.88. The van der Waals surface area contributed by atoms with E-state index in [0.29, 0.717) is 0 Å². The van der Waals surface area contributed by atoms with Crippen LogP contribution in [0, 0.1) is 5.41 Å². The van der Waals surface area contributed by atoms with Gasteiger partial charge >= 0.3 is 0 Å². The van der Waals surface area contributed by atoms with Crippen LogP contribution < -0.4 is 0 Å². The minimum atomic E-state index is -0.463. The zero-order chi connectivity index (χ0) is 10.5. The third-order valence-electron chi connectivity index (χ3n) is 1.39. The third kappa shape index (κ3) is 5.06. The van der Waals surface area contributed by atoms with Crippen LogP contribution in [0.15, 0.2) is 24.2 Å². The van der Waals surface area contributed by atoms with Crippen molar-refractivity contribution in [1.29, 1.82) is 0 Å². The fourth-order valence-corrected chi connectivity index (χ4v) is 0.537. The standard InChI is InChI=1S/C10H16O3/c1-10(2,3)9(12)7-8(11)5-6-13-4/h5-7,11H,1-4H3/b6-5?,8-7-. The molecule has 0 bridgehead atoms. The third-order valence-corrected chi connectivity index (χ3v) is 1.39. The Bertz CT molecular complexity index is 231. The molecule has 0 amide bonds. The molecule has 0 aliphatic carbocycles. The number of ether oxygens (including phenoxy) is 1. The molecule has 0 saturated carbocycles. The lowest BCUT2D eigenvalue weighted by Gasteiger charge is -2.12. The van der Waals surface area contributed by atoms with Crippen molar-refractivity contribution in [3.63, 3.8) is 0 Å². The van der Waals surface area contributed by atoms with Gasteiger partial charge in [-0.25, -0.2) is 0 Å². The number of allylic oxidation sites excluding steroid dienone is 2. The van der Waals surface area contributed by atoms with Crippen molar-refractivity contribution >= 4 is 5.78 Å². The maximum atomic E-state index is 11.3. The van der Waals surface area contributed by atoms with Gasteiger partial charge in [-0.05, 0) is 0 Å². The van der Waals surface area contributed by atoms with E-state index < -0.39 is 5.41 Å². The van der Waals surface area contributed by atoms with Crippen molar-refractivity contribution in [3.8, 4) is 0 Å². The average Bonchev–Trinajstić information content (AvgIpc) is 1.99. The second kappa shape index (κ2) is 4.70. The second-order valence-electron chi connectivity index (χ2n) is 3.72. The van der Waals surface area contributed by atoms with E-state index in [0.717, 1.165) is 0 Å². The van der Waals surface area contributed by atoms with Crippen molar-refractivity contribution in [1.82, 2.24) is 0 Å². The molecule has 0 unspecified atom stereocenters. The Morgan fingerprint density at radius 3 is 2.31 bits per heavy atom. The molecule has 13 heavy (non-hydrogen) atoms. The molecule has 0 heterocycles. The fourth-order valence-electron chi connectivity index (χ4n) is 0.537. The van der Waals surface area contributed by atoms with Gasteiger partial charge in [0.25, 0.3) is 0 Å². The van der Waals surface area contributed by atoms with Gasteiger partial charge in [-0.2, -0.15) is 0 Å². The predicted octanol–water partition coefficient (Wildman–Crippen LogP) is 2.20. The molecule has 0 aromatic carbocycles. The summed E-state index contributed by atoms with van der Waals surface area (Å²) in [6.45, 7) is 5.37. The minimum absolute atomic E-state index is 0.0956. The number of carbonyl (C=O) groups is 1. The molecule has 0 aromatic rings. The molecule has 3 heteroatoms. The van der Waals surface area contributed by atoms with E-state index >= 15 is 0 Å². The van der Waals surface area contributed by atoms with Crippen LogP contribution >= 0.6 is 0 Å². The molecule has 0 aliphatic rings. The smallest absolute Gasteiger partial charge is 0.164 e. The first-order valence-electron chi connectivity index (χ1n) is 4.02. The Kier molecular flexibility index (Phi) is 4.25. The first kappa shape index (κ1) is 11.8. The van der Waals surface area contributed by atoms with Crippen LogP contribution in [0.5, 0.6) is 0 Å². The highest BCUT2D eigenvalue weighted by molar-refractivity contribution is 5.94. The highest BCUT2D eigenvalue weighted by Crippen LogP contribution is 2.15. The van der Waals surface area contributed by atoms with Gasteiger partial charge < -0.3 is 9.84 Å². The highest BCUT2D eigenvalue weighted by atomic mass is 16.5. The van der Waals surface area contributed by atoms with Crippen LogP contribution in [0.4, 0.5) is 0 Å². The summed E-state index contributed by atoms with van der Waals surface area (Å²) in [6, 6.07) is 0. The number of aliphatic hydroxyl groups excluding tert-OH is 1. The normalized spacial score (nSPS) is 13.4. The van der Waals surface area contributed by atoms with Crippen molar-refractivity contribution in [2.45, 2.75) is 20.8 Å². The van der Waals surface area contributed by atoms with Gasteiger partial charge in [0.05, 0.1) is 13.4 Å². The summed E-state index contributed by atoms with van der Waals surface area (Å²) < 4.78 is 4.59. The van der Waals surface area contributed by atoms with Crippen molar-refractivity contribution in [2.75, 3.05) is 7.11 Å². The molecule has 74 valence electrons. The van der Waals surface area contributed by atoms with Crippen molar-refractivity contribution < 1.29 is 14.6 Å². The minimum Gasteiger partial charge on any atom is -0.508 e. The summed E-state index contributed by atoms with van der Waals surface area (Å²) in [6.07, 6.45) is 3.82. The lowest BCUT2D eigenvalue weighted by Crippen LogP contribution is -2.17. The van der Waals surface area contributed by atoms with E-state index in [-0.39, 0.29) is 11.5 Å². The summed E-state index contributed by atoms with van der Waals surface area (Å²) in [4.78, 5) is 11.3. The number of carbonyl (C=O) groups excluding carboxylic acids is 1. The molecular weight excluding hydrogens is 168 g/mol. The molecule has 0 spiro atoms. The number of methoxy groups -OCH3 is 1. The van der Waals surface area contributed by atoms with E-state index in [1.54, 1.807) is 20.8 Å². The Morgan fingerprint density at radius 1 is 1.38 bits per heavy atom. The SMILES string of the molecule is COC=C/C(O)=C/C(=O)C(C)(C)C. The largest absolute Gasteiger partial charge is 0.508 e. The highest BCUT2D eigenvalue weighted by Gasteiger charge is 2.18. The van der Waals surface area contributed by atoms with Crippen LogP contribution in [0.3, 0.4) is 0 Å². The predicted molar refractivity (Wildman–Crippen MR) is 51.3 cm³/mol. The molecule has 3 nitrogen and oxygen atoms in total. The molecule has 1 N–H and O–H groups in total. The molecule has 0 aliphatic heterocycles. The number of aliphatic hydroxyl groups is 1. The molecule has 0 atom stereocenters. The summed E-state index contributed by atoms with van der Waals surface area (Å²) >= 11 is 0. The molecule has 0 fully saturated rings.